The normalized spacial score (nSPS) is 11.5. The van der Waals surface area contributed by atoms with Gasteiger partial charge in [-0.15, -0.1) is 0 Å². The van der Waals surface area contributed by atoms with E-state index >= 15 is 0 Å². The van der Waals surface area contributed by atoms with Gasteiger partial charge in [0.1, 0.15) is 0 Å². The molecule has 0 unspecified atom stereocenters. The molecule has 0 fully saturated rings. The highest BCUT2D eigenvalue weighted by Crippen LogP contribution is 2.42. The lowest BCUT2D eigenvalue weighted by molar-refractivity contribution is 1.17. The number of hydrogen-bond donors (Lipinski definition) is 0. The van der Waals surface area contributed by atoms with Crippen molar-refractivity contribution in [1.29, 1.82) is 0 Å². The smallest absolute Gasteiger partial charge is 0.0715 e. The topological polar surface area (TPSA) is 22.8 Å². The van der Waals surface area contributed by atoms with Crippen LogP contribution in [0.3, 0.4) is 0 Å². The molecule has 3 nitrogen and oxygen atoms in total. The van der Waals surface area contributed by atoms with Crippen LogP contribution in [0.4, 0.5) is 0 Å². The van der Waals surface area contributed by atoms with Crippen LogP contribution in [-0.4, -0.2) is 14.1 Å². The lowest BCUT2D eigenvalue weighted by Crippen LogP contribution is -1.95. The summed E-state index contributed by atoms with van der Waals surface area (Å²) < 4.78 is 4.82. The number of fused-ring (bicyclic) bond motifs is 7. The fourth-order valence-electron chi connectivity index (χ4n) is 9.38. The maximum atomic E-state index is 5.34. The van der Waals surface area contributed by atoms with E-state index in [1.54, 1.807) is 0 Å². The molecule has 0 saturated carbocycles. The van der Waals surface area contributed by atoms with E-state index in [4.69, 9.17) is 4.98 Å². The summed E-state index contributed by atoms with van der Waals surface area (Å²) in [6.07, 6.45) is 0. The molecule has 0 spiro atoms. The molecule has 0 amide bonds. The Morgan fingerprint density at radius 1 is 0.242 bits per heavy atom. The number of benzene rings is 9. The average Bonchev–Trinajstić information content (AvgIpc) is 3.88. The summed E-state index contributed by atoms with van der Waals surface area (Å²) in [5.41, 5.74) is 18.1. The highest BCUT2D eigenvalue weighted by atomic mass is 15.0. The summed E-state index contributed by atoms with van der Waals surface area (Å²) in [5.74, 6) is 0. The van der Waals surface area contributed by atoms with Crippen LogP contribution in [0, 0.1) is 0 Å². The van der Waals surface area contributed by atoms with E-state index in [-0.39, 0.29) is 0 Å². The monoisotopic (exact) mass is 789 g/mol. The van der Waals surface area contributed by atoms with Crippen molar-refractivity contribution < 1.29 is 0 Å². The maximum Gasteiger partial charge on any atom is 0.0715 e. The molecular formula is C59H39N3. The van der Waals surface area contributed by atoms with Crippen LogP contribution in [0.5, 0.6) is 0 Å². The van der Waals surface area contributed by atoms with E-state index in [0.717, 1.165) is 45.0 Å². The first-order valence-electron chi connectivity index (χ1n) is 21.2. The quantitative estimate of drug-likeness (QED) is 0.158. The second-order valence-electron chi connectivity index (χ2n) is 16.0. The first kappa shape index (κ1) is 35.7. The van der Waals surface area contributed by atoms with Crippen LogP contribution in [0.25, 0.3) is 111 Å². The molecule has 3 heteroatoms. The van der Waals surface area contributed by atoms with Crippen molar-refractivity contribution in [3.8, 4) is 67.3 Å². The van der Waals surface area contributed by atoms with E-state index in [2.05, 4.69) is 246 Å². The summed E-state index contributed by atoms with van der Waals surface area (Å²) in [6, 6.07) is 85.0. The number of pyridine rings is 1. The van der Waals surface area contributed by atoms with Gasteiger partial charge in [0, 0.05) is 44.0 Å². The first-order valence-corrected chi connectivity index (χ1v) is 21.2. The first-order chi connectivity index (χ1) is 30.7. The molecule has 0 atom stereocenters. The van der Waals surface area contributed by atoms with Gasteiger partial charge in [-0.2, -0.15) is 0 Å². The molecule has 12 rings (SSSR count). The van der Waals surface area contributed by atoms with Crippen molar-refractivity contribution in [1.82, 2.24) is 14.1 Å². The Labute approximate surface area is 360 Å². The minimum atomic E-state index is 0.931. The lowest BCUT2D eigenvalue weighted by atomic mass is 9.97. The molecule has 62 heavy (non-hydrogen) atoms. The Morgan fingerprint density at radius 2 is 0.581 bits per heavy atom. The largest absolute Gasteiger partial charge is 0.309 e. The second-order valence-corrected chi connectivity index (χ2v) is 16.0. The SMILES string of the molecule is c1ccc(-c2ccc(-c3cc(-c4ccc(-c5ccccc5)cc4)nc(-c4ccc(-n5c6ccccc6c6c7c8ccccc8n(-c8ccccc8)c7ccc65)cc4)c3)cc2)cc1. The Balaban J connectivity index is 0.985. The average molecular weight is 790 g/mol. The van der Waals surface area contributed by atoms with Crippen LogP contribution >= 0.6 is 0 Å². The van der Waals surface area contributed by atoms with E-state index < -0.39 is 0 Å². The molecular weight excluding hydrogens is 751 g/mol. The minimum Gasteiger partial charge on any atom is -0.309 e. The third kappa shape index (κ3) is 6.02. The zero-order valence-electron chi connectivity index (χ0n) is 33.9. The summed E-state index contributed by atoms with van der Waals surface area (Å²) in [7, 11) is 0. The van der Waals surface area contributed by atoms with Crippen molar-refractivity contribution in [2.75, 3.05) is 0 Å². The number of para-hydroxylation sites is 3. The molecule has 0 saturated heterocycles. The van der Waals surface area contributed by atoms with Crippen LogP contribution in [0.1, 0.15) is 0 Å². The van der Waals surface area contributed by atoms with Crippen molar-refractivity contribution >= 4 is 43.6 Å². The van der Waals surface area contributed by atoms with Crippen molar-refractivity contribution in [3.05, 3.63) is 237 Å². The van der Waals surface area contributed by atoms with Gasteiger partial charge < -0.3 is 9.13 Å². The number of aromatic nitrogens is 3. The Bertz CT molecular complexity index is 3460. The predicted molar refractivity (Wildman–Crippen MR) is 260 cm³/mol. The predicted octanol–water partition coefficient (Wildman–Crippen LogP) is 15.6. The summed E-state index contributed by atoms with van der Waals surface area (Å²) >= 11 is 0. The van der Waals surface area contributed by atoms with Crippen LogP contribution < -0.4 is 0 Å². The molecule has 3 aromatic heterocycles. The van der Waals surface area contributed by atoms with Crippen molar-refractivity contribution in [2.45, 2.75) is 0 Å². The number of nitrogens with zero attached hydrogens (tertiary/aromatic N) is 3. The molecule has 3 heterocycles. The van der Waals surface area contributed by atoms with Gasteiger partial charge in [-0.1, -0.05) is 176 Å². The Hall–Kier alpha value is -8.27. The zero-order valence-corrected chi connectivity index (χ0v) is 33.9. The van der Waals surface area contributed by atoms with Gasteiger partial charge in [0.05, 0.1) is 33.5 Å². The van der Waals surface area contributed by atoms with Gasteiger partial charge >= 0.3 is 0 Å². The third-order valence-electron chi connectivity index (χ3n) is 12.3. The molecule has 9 aromatic carbocycles. The van der Waals surface area contributed by atoms with E-state index in [9.17, 15) is 0 Å². The van der Waals surface area contributed by atoms with Crippen LogP contribution in [-0.2, 0) is 0 Å². The van der Waals surface area contributed by atoms with Crippen molar-refractivity contribution in [3.63, 3.8) is 0 Å². The molecule has 0 aliphatic heterocycles. The summed E-state index contributed by atoms with van der Waals surface area (Å²) in [6.45, 7) is 0. The van der Waals surface area contributed by atoms with Gasteiger partial charge in [-0.05, 0) is 94.0 Å². The molecule has 0 N–H and O–H groups in total. The second kappa shape index (κ2) is 14.8. The highest BCUT2D eigenvalue weighted by Gasteiger charge is 2.20. The molecule has 12 aromatic rings. The Kier molecular flexibility index (Phi) is 8.50. The van der Waals surface area contributed by atoms with Gasteiger partial charge in [-0.25, -0.2) is 4.98 Å². The van der Waals surface area contributed by atoms with Gasteiger partial charge in [0.15, 0.2) is 0 Å². The molecule has 0 aliphatic carbocycles. The number of rotatable bonds is 7. The molecule has 0 radical (unpaired) electrons. The van der Waals surface area contributed by atoms with Crippen LogP contribution in [0.15, 0.2) is 237 Å². The summed E-state index contributed by atoms with van der Waals surface area (Å²) in [5, 5.41) is 5.03. The van der Waals surface area contributed by atoms with E-state index in [1.807, 2.05) is 0 Å². The van der Waals surface area contributed by atoms with Gasteiger partial charge in [0.25, 0.3) is 0 Å². The zero-order chi connectivity index (χ0) is 41.0. The fourth-order valence-corrected chi connectivity index (χ4v) is 9.38. The number of hydrogen-bond acceptors (Lipinski definition) is 1. The molecule has 0 bridgehead atoms. The molecule has 0 aliphatic rings. The Morgan fingerprint density at radius 3 is 1.05 bits per heavy atom. The van der Waals surface area contributed by atoms with Gasteiger partial charge in [-0.3, -0.25) is 0 Å². The standard InChI is InChI=1S/C59H39N3/c1-4-14-40(15-5-1)42-24-26-44(27-25-42)47-38-52(45-30-28-43(29-31-45)41-16-6-2-7-17-41)60-53(39-47)46-32-34-49(35-33-46)62-55-23-13-11-21-51(55)59-57(62)37-36-56-58(59)50-20-10-12-22-54(50)61(56)48-18-8-3-9-19-48/h1-39H. The lowest BCUT2D eigenvalue weighted by Gasteiger charge is -2.13. The van der Waals surface area contributed by atoms with E-state index in [0.29, 0.717) is 0 Å². The molecule has 290 valence electrons. The maximum absolute atomic E-state index is 5.34. The minimum absolute atomic E-state index is 0.931. The highest BCUT2D eigenvalue weighted by molar-refractivity contribution is 6.28. The van der Waals surface area contributed by atoms with Gasteiger partial charge in [0.2, 0.25) is 0 Å². The van der Waals surface area contributed by atoms with E-state index in [1.165, 1.54) is 65.9 Å². The van der Waals surface area contributed by atoms with Crippen molar-refractivity contribution in [2.24, 2.45) is 0 Å². The fraction of sp³-hybridized carbons (Fsp3) is 0. The van der Waals surface area contributed by atoms with Crippen LogP contribution in [0.2, 0.25) is 0 Å². The summed E-state index contributed by atoms with van der Waals surface area (Å²) in [4.78, 5) is 5.34. The third-order valence-corrected chi connectivity index (χ3v) is 12.3.